The monoisotopic (exact) mass is 345 g/mol. The highest BCUT2D eigenvalue weighted by molar-refractivity contribution is 6.11. The van der Waals surface area contributed by atoms with E-state index >= 15 is 0 Å². The average Bonchev–Trinajstić information content (AvgIpc) is 2.96. The summed E-state index contributed by atoms with van der Waals surface area (Å²) in [6.45, 7) is 2.59. The van der Waals surface area contributed by atoms with E-state index in [1.807, 2.05) is 67.6 Å². The summed E-state index contributed by atoms with van der Waals surface area (Å²) in [7, 11) is 0. The van der Waals surface area contributed by atoms with Crippen LogP contribution in [0, 0.1) is 0 Å². The van der Waals surface area contributed by atoms with Gasteiger partial charge in [-0.3, -0.25) is 14.7 Å². The summed E-state index contributed by atoms with van der Waals surface area (Å²) in [6, 6.07) is 19.2. The second-order valence-electron chi connectivity index (χ2n) is 5.98. The third-order valence-corrected chi connectivity index (χ3v) is 4.36. The van der Waals surface area contributed by atoms with Gasteiger partial charge in [-0.05, 0) is 49.4 Å². The lowest BCUT2D eigenvalue weighted by atomic mass is 10.1. The van der Waals surface area contributed by atoms with E-state index in [0.717, 1.165) is 22.7 Å². The van der Waals surface area contributed by atoms with Gasteiger partial charge in [-0.25, -0.2) is 0 Å². The number of fused-ring (bicyclic) bond motifs is 1. The fourth-order valence-corrected chi connectivity index (χ4v) is 3.19. The van der Waals surface area contributed by atoms with Gasteiger partial charge in [-0.1, -0.05) is 18.2 Å². The fourth-order valence-electron chi connectivity index (χ4n) is 3.19. The first-order chi connectivity index (χ1) is 12.8. The first-order valence-corrected chi connectivity index (χ1v) is 8.60. The predicted molar refractivity (Wildman–Crippen MR) is 101 cm³/mol. The number of rotatable bonds is 5. The van der Waals surface area contributed by atoms with Crippen LogP contribution in [0.3, 0.4) is 0 Å². The Kier molecular flexibility index (Phi) is 4.27. The normalized spacial score (nSPS) is 15.7. The summed E-state index contributed by atoms with van der Waals surface area (Å²) < 4.78 is 5.49. The number of carbonyl (C=O) groups excluding carboxylic acids is 1. The number of aromatic nitrogens is 1. The zero-order chi connectivity index (χ0) is 17.9. The first kappa shape index (κ1) is 16.1. The maximum atomic E-state index is 13.0. The highest BCUT2D eigenvalue weighted by atomic mass is 16.5. The largest absolute Gasteiger partial charge is 0.494 e. The number of ether oxygens (including phenoxy) is 1. The van der Waals surface area contributed by atoms with Crippen LogP contribution in [-0.4, -0.2) is 17.5 Å². The molecule has 5 heteroatoms. The van der Waals surface area contributed by atoms with Crippen LogP contribution in [0.1, 0.15) is 29.0 Å². The van der Waals surface area contributed by atoms with Gasteiger partial charge < -0.3 is 10.1 Å². The molecule has 4 rings (SSSR count). The summed E-state index contributed by atoms with van der Waals surface area (Å²) in [5.74, 6) is 0.794. The molecule has 5 nitrogen and oxygen atoms in total. The molecule has 0 fully saturated rings. The van der Waals surface area contributed by atoms with Gasteiger partial charge in [0.2, 0.25) is 0 Å². The highest BCUT2D eigenvalue weighted by Crippen LogP contribution is 2.37. The Balaban J connectivity index is 1.69. The van der Waals surface area contributed by atoms with Crippen LogP contribution in [0.5, 0.6) is 5.75 Å². The zero-order valence-corrected chi connectivity index (χ0v) is 14.4. The molecule has 0 radical (unpaired) electrons. The minimum atomic E-state index is -0.291. The fraction of sp³-hybridized carbons (Fsp3) is 0.143. The Bertz CT molecular complexity index is 910. The van der Waals surface area contributed by atoms with Crippen molar-refractivity contribution < 1.29 is 9.53 Å². The van der Waals surface area contributed by atoms with Crippen LogP contribution < -0.4 is 15.0 Å². The molecule has 26 heavy (non-hydrogen) atoms. The molecule has 1 aromatic heterocycles. The van der Waals surface area contributed by atoms with Crippen LogP contribution in [0.4, 0.5) is 11.4 Å². The third kappa shape index (κ3) is 2.88. The van der Waals surface area contributed by atoms with Crippen molar-refractivity contribution in [3.05, 3.63) is 84.2 Å². The lowest BCUT2D eigenvalue weighted by Gasteiger charge is -2.27. The number of nitrogens with one attached hydrogen (secondary N) is 1. The Morgan fingerprint density at radius 2 is 1.88 bits per heavy atom. The van der Waals surface area contributed by atoms with Gasteiger partial charge in [0.05, 0.1) is 18.5 Å². The van der Waals surface area contributed by atoms with Crippen LogP contribution in [0.25, 0.3) is 0 Å². The molecule has 0 saturated heterocycles. The van der Waals surface area contributed by atoms with Gasteiger partial charge in [0.15, 0.2) is 0 Å². The van der Waals surface area contributed by atoms with Crippen molar-refractivity contribution in [3.8, 4) is 5.75 Å². The maximum Gasteiger partial charge on any atom is 0.260 e. The van der Waals surface area contributed by atoms with Gasteiger partial charge in [0.25, 0.3) is 5.91 Å². The van der Waals surface area contributed by atoms with Crippen LogP contribution in [0.2, 0.25) is 0 Å². The number of benzene rings is 2. The predicted octanol–water partition coefficient (Wildman–Crippen LogP) is 4.25. The van der Waals surface area contributed by atoms with Gasteiger partial charge >= 0.3 is 0 Å². The molecule has 0 saturated carbocycles. The van der Waals surface area contributed by atoms with Crippen molar-refractivity contribution in [1.29, 1.82) is 0 Å². The summed E-state index contributed by atoms with van der Waals surface area (Å²) in [4.78, 5) is 18.9. The molecule has 1 N–H and O–H groups in total. The second-order valence-corrected chi connectivity index (χ2v) is 5.98. The highest BCUT2D eigenvalue weighted by Gasteiger charge is 2.37. The van der Waals surface area contributed by atoms with Crippen LogP contribution in [-0.2, 0) is 0 Å². The molecule has 3 aromatic rings. The summed E-state index contributed by atoms with van der Waals surface area (Å²) in [5.41, 5.74) is 3.34. The molecule has 0 aliphatic carbocycles. The number of amides is 1. The van der Waals surface area contributed by atoms with Crippen molar-refractivity contribution in [1.82, 2.24) is 4.98 Å². The molecule has 1 amide bonds. The number of pyridine rings is 1. The number of hydrogen-bond acceptors (Lipinski definition) is 4. The number of hydrogen-bond donors (Lipinski definition) is 1. The molecular formula is C21H19N3O2. The lowest BCUT2D eigenvalue weighted by molar-refractivity contribution is 0.0993. The second kappa shape index (κ2) is 6.88. The molecular weight excluding hydrogens is 326 g/mol. The van der Waals surface area contributed by atoms with E-state index in [-0.39, 0.29) is 12.1 Å². The lowest BCUT2D eigenvalue weighted by Crippen LogP contribution is -2.32. The average molecular weight is 345 g/mol. The molecule has 1 atom stereocenters. The Hall–Kier alpha value is -3.34. The molecule has 0 spiro atoms. The molecule has 2 aromatic carbocycles. The molecule has 1 aliphatic heterocycles. The minimum Gasteiger partial charge on any atom is -0.494 e. The van der Waals surface area contributed by atoms with E-state index in [4.69, 9.17) is 4.74 Å². The SMILES string of the molecule is CCOc1ccc(N[C@H]2c3ccccc3C(=O)N2c2cccnc2)cc1. The van der Waals surface area contributed by atoms with E-state index in [0.29, 0.717) is 12.2 Å². The van der Waals surface area contributed by atoms with Gasteiger partial charge in [0.1, 0.15) is 11.9 Å². The summed E-state index contributed by atoms with van der Waals surface area (Å²) in [6.07, 6.45) is 3.11. The number of carbonyl (C=O) groups is 1. The summed E-state index contributed by atoms with van der Waals surface area (Å²) >= 11 is 0. The number of nitrogens with zero attached hydrogens (tertiary/aromatic N) is 2. The van der Waals surface area contributed by atoms with Gasteiger partial charge in [0, 0.05) is 23.0 Å². The van der Waals surface area contributed by atoms with E-state index in [1.165, 1.54) is 0 Å². The topological polar surface area (TPSA) is 54.5 Å². The molecule has 0 bridgehead atoms. The molecule has 1 aliphatic rings. The third-order valence-electron chi connectivity index (χ3n) is 4.36. The van der Waals surface area contributed by atoms with Crippen molar-refractivity contribution in [2.45, 2.75) is 13.1 Å². The van der Waals surface area contributed by atoms with Gasteiger partial charge in [-0.15, -0.1) is 0 Å². The van der Waals surface area contributed by atoms with E-state index in [2.05, 4.69) is 10.3 Å². The quantitative estimate of drug-likeness (QED) is 0.751. The van der Waals surface area contributed by atoms with Crippen molar-refractivity contribution in [2.75, 3.05) is 16.8 Å². The molecule has 130 valence electrons. The first-order valence-electron chi connectivity index (χ1n) is 8.60. The van der Waals surface area contributed by atoms with Crippen molar-refractivity contribution in [3.63, 3.8) is 0 Å². The molecule has 2 heterocycles. The van der Waals surface area contributed by atoms with E-state index < -0.39 is 0 Å². The molecule has 0 unspecified atom stereocenters. The number of anilines is 2. The Labute approximate surface area is 152 Å². The van der Waals surface area contributed by atoms with E-state index in [9.17, 15) is 4.79 Å². The maximum absolute atomic E-state index is 13.0. The Morgan fingerprint density at radius 3 is 2.62 bits per heavy atom. The van der Waals surface area contributed by atoms with Crippen molar-refractivity contribution in [2.24, 2.45) is 0 Å². The van der Waals surface area contributed by atoms with Crippen molar-refractivity contribution >= 4 is 17.3 Å². The standard InChI is InChI=1S/C21H19N3O2/c1-2-26-17-11-9-15(10-12-17)23-20-18-7-3-4-8-19(18)21(25)24(20)16-6-5-13-22-14-16/h3-14,20,23H,2H2,1H3/t20-/m1/s1. The van der Waals surface area contributed by atoms with Crippen LogP contribution in [0.15, 0.2) is 73.1 Å². The summed E-state index contributed by atoms with van der Waals surface area (Å²) in [5, 5.41) is 3.47. The smallest absolute Gasteiger partial charge is 0.260 e. The van der Waals surface area contributed by atoms with Crippen LogP contribution >= 0.6 is 0 Å². The van der Waals surface area contributed by atoms with Gasteiger partial charge in [-0.2, -0.15) is 0 Å². The zero-order valence-electron chi connectivity index (χ0n) is 14.4. The minimum absolute atomic E-state index is 0.0305. The Morgan fingerprint density at radius 1 is 1.08 bits per heavy atom. The van der Waals surface area contributed by atoms with E-state index in [1.54, 1.807) is 17.3 Å².